The lowest BCUT2D eigenvalue weighted by molar-refractivity contribution is 0.269. The average molecular weight is 263 g/mol. The minimum atomic E-state index is -0.145. The molecule has 0 saturated carbocycles. The highest BCUT2D eigenvalue weighted by atomic mass is 32.1. The fourth-order valence-corrected chi connectivity index (χ4v) is 2.07. The van der Waals surface area contributed by atoms with Crippen LogP contribution in [-0.4, -0.2) is 19.9 Å². The first kappa shape index (κ1) is 13.0. The number of H-pyrrole nitrogens is 1. The van der Waals surface area contributed by atoms with E-state index in [-0.39, 0.29) is 12.0 Å². The van der Waals surface area contributed by atoms with Crippen LogP contribution in [0.2, 0.25) is 0 Å². The summed E-state index contributed by atoms with van der Waals surface area (Å²) in [5.74, 6) is 0.517. The quantitative estimate of drug-likeness (QED) is 0.819. The van der Waals surface area contributed by atoms with Gasteiger partial charge in [-0.05, 0) is 35.3 Å². The molecule has 0 spiro atoms. The Labute approximate surface area is 111 Å². The SMILES string of the molecule is CC(C)(C)c1ccc(-n2c(CO)n[nH]c2=S)cc1. The van der Waals surface area contributed by atoms with Gasteiger partial charge in [0, 0.05) is 5.69 Å². The third-order valence-electron chi connectivity index (χ3n) is 2.87. The van der Waals surface area contributed by atoms with E-state index in [4.69, 9.17) is 12.2 Å². The largest absolute Gasteiger partial charge is 0.388 e. The Bertz CT molecular complexity index is 590. The van der Waals surface area contributed by atoms with Crippen molar-refractivity contribution in [3.05, 3.63) is 40.4 Å². The first-order valence-electron chi connectivity index (χ1n) is 5.81. The van der Waals surface area contributed by atoms with Gasteiger partial charge in [-0.25, -0.2) is 0 Å². The molecule has 4 nitrogen and oxygen atoms in total. The molecule has 0 radical (unpaired) electrons. The summed E-state index contributed by atoms with van der Waals surface area (Å²) in [7, 11) is 0. The molecule has 96 valence electrons. The first-order chi connectivity index (χ1) is 8.43. The van der Waals surface area contributed by atoms with Gasteiger partial charge in [0.15, 0.2) is 10.6 Å². The summed E-state index contributed by atoms with van der Waals surface area (Å²) in [6.07, 6.45) is 0. The summed E-state index contributed by atoms with van der Waals surface area (Å²) in [4.78, 5) is 0. The van der Waals surface area contributed by atoms with Gasteiger partial charge in [0.05, 0.1) is 0 Å². The number of hydrogen-bond acceptors (Lipinski definition) is 3. The number of nitrogens with zero attached hydrogens (tertiary/aromatic N) is 2. The molecule has 1 aromatic heterocycles. The molecule has 18 heavy (non-hydrogen) atoms. The highest BCUT2D eigenvalue weighted by Gasteiger charge is 2.14. The van der Waals surface area contributed by atoms with Crippen molar-refractivity contribution in [1.82, 2.24) is 14.8 Å². The Morgan fingerprint density at radius 1 is 1.28 bits per heavy atom. The molecule has 1 aromatic carbocycles. The lowest BCUT2D eigenvalue weighted by Crippen LogP contribution is -2.11. The van der Waals surface area contributed by atoms with Gasteiger partial charge in [0.1, 0.15) is 6.61 Å². The number of aromatic amines is 1. The third-order valence-corrected chi connectivity index (χ3v) is 3.15. The molecule has 0 aliphatic carbocycles. The van der Waals surface area contributed by atoms with E-state index >= 15 is 0 Å². The van der Waals surface area contributed by atoms with Crippen LogP contribution in [0.25, 0.3) is 5.69 Å². The number of aliphatic hydroxyl groups is 1. The molecule has 0 fully saturated rings. The maximum Gasteiger partial charge on any atom is 0.199 e. The minimum absolute atomic E-state index is 0.121. The molecule has 1 heterocycles. The normalized spacial score (nSPS) is 11.8. The van der Waals surface area contributed by atoms with Crippen molar-refractivity contribution in [3.8, 4) is 5.69 Å². The molecule has 5 heteroatoms. The molecule has 0 saturated heterocycles. The van der Waals surface area contributed by atoms with E-state index in [0.29, 0.717) is 10.6 Å². The van der Waals surface area contributed by atoms with Gasteiger partial charge in [0.2, 0.25) is 0 Å². The lowest BCUT2D eigenvalue weighted by atomic mass is 9.87. The van der Waals surface area contributed by atoms with Crippen LogP contribution >= 0.6 is 12.2 Å². The van der Waals surface area contributed by atoms with E-state index in [1.807, 2.05) is 12.1 Å². The highest BCUT2D eigenvalue weighted by Crippen LogP contribution is 2.23. The van der Waals surface area contributed by atoms with Gasteiger partial charge in [-0.15, -0.1) is 0 Å². The number of rotatable bonds is 2. The van der Waals surface area contributed by atoms with E-state index in [0.717, 1.165) is 5.69 Å². The van der Waals surface area contributed by atoms with Crippen LogP contribution in [0.4, 0.5) is 0 Å². The second-order valence-electron chi connectivity index (χ2n) is 5.24. The van der Waals surface area contributed by atoms with Crippen molar-refractivity contribution in [2.45, 2.75) is 32.8 Å². The van der Waals surface area contributed by atoms with Crippen LogP contribution in [0, 0.1) is 4.77 Å². The molecule has 0 unspecified atom stereocenters. The van der Waals surface area contributed by atoms with Gasteiger partial charge < -0.3 is 5.11 Å². The van der Waals surface area contributed by atoms with Crippen molar-refractivity contribution < 1.29 is 5.11 Å². The number of nitrogens with one attached hydrogen (secondary N) is 1. The maximum absolute atomic E-state index is 9.23. The lowest BCUT2D eigenvalue weighted by Gasteiger charge is -2.19. The standard InChI is InChI=1S/C13H17N3OS/c1-13(2,3)9-4-6-10(7-5-9)16-11(8-17)14-15-12(16)18/h4-7,17H,8H2,1-3H3,(H,15,18). The number of hydrogen-bond donors (Lipinski definition) is 2. The third kappa shape index (κ3) is 2.37. The fourth-order valence-electron chi connectivity index (χ4n) is 1.81. The Hall–Kier alpha value is -1.46. The van der Waals surface area contributed by atoms with Crippen molar-refractivity contribution in [2.75, 3.05) is 0 Å². The summed E-state index contributed by atoms with van der Waals surface area (Å²) in [5, 5.41) is 15.9. The molecule has 0 bridgehead atoms. The van der Waals surface area contributed by atoms with E-state index in [2.05, 4.69) is 43.1 Å². The molecular weight excluding hydrogens is 246 g/mol. The van der Waals surface area contributed by atoms with Crippen molar-refractivity contribution >= 4 is 12.2 Å². The van der Waals surface area contributed by atoms with Crippen LogP contribution in [0.3, 0.4) is 0 Å². The molecule has 2 rings (SSSR count). The minimum Gasteiger partial charge on any atom is -0.388 e. The number of benzene rings is 1. The van der Waals surface area contributed by atoms with Gasteiger partial charge in [0.25, 0.3) is 0 Å². The maximum atomic E-state index is 9.23. The molecule has 2 aromatic rings. The molecule has 0 aliphatic rings. The summed E-state index contributed by atoms with van der Waals surface area (Å²) in [5.41, 5.74) is 2.29. The van der Waals surface area contributed by atoms with Crippen molar-refractivity contribution in [1.29, 1.82) is 0 Å². The summed E-state index contributed by atoms with van der Waals surface area (Å²) in [6, 6.07) is 8.13. The molecule has 2 N–H and O–H groups in total. The zero-order chi connectivity index (χ0) is 13.3. The predicted molar refractivity (Wildman–Crippen MR) is 73.4 cm³/mol. The molecule has 0 amide bonds. The first-order valence-corrected chi connectivity index (χ1v) is 6.22. The van der Waals surface area contributed by atoms with E-state index < -0.39 is 0 Å². The van der Waals surface area contributed by atoms with E-state index in [9.17, 15) is 5.11 Å². The number of aromatic nitrogens is 3. The molecule has 0 aliphatic heterocycles. The second-order valence-corrected chi connectivity index (χ2v) is 5.62. The Balaban J connectivity index is 2.47. The van der Waals surface area contributed by atoms with Crippen molar-refractivity contribution in [3.63, 3.8) is 0 Å². The van der Waals surface area contributed by atoms with Gasteiger partial charge in [-0.3, -0.25) is 9.67 Å². The van der Waals surface area contributed by atoms with Gasteiger partial charge in [-0.1, -0.05) is 32.9 Å². The highest BCUT2D eigenvalue weighted by molar-refractivity contribution is 7.71. The van der Waals surface area contributed by atoms with Crippen LogP contribution in [0.5, 0.6) is 0 Å². The van der Waals surface area contributed by atoms with Crippen LogP contribution < -0.4 is 0 Å². The molecule has 0 atom stereocenters. The van der Waals surface area contributed by atoms with Crippen molar-refractivity contribution in [2.24, 2.45) is 0 Å². The van der Waals surface area contributed by atoms with Crippen LogP contribution in [0.15, 0.2) is 24.3 Å². The topological polar surface area (TPSA) is 53.8 Å². The zero-order valence-corrected chi connectivity index (χ0v) is 11.6. The second kappa shape index (κ2) is 4.66. The zero-order valence-electron chi connectivity index (χ0n) is 10.8. The fraction of sp³-hybridized carbons (Fsp3) is 0.385. The van der Waals surface area contributed by atoms with Gasteiger partial charge >= 0.3 is 0 Å². The Morgan fingerprint density at radius 2 is 1.89 bits per heavy atom. The van der Waals surface area contributed by atoms with Gasteiger partial charge in [-0.2, -0.15) is 5.10 Å². The molecular formula is C13H17N3OS. The smallest absolute Gasteiger partial charge is 0.199 e. The Morgan fingerprint density at radius 3 is 2.39 bits per heavy atom. The summed E-state index contributed by atoms with van der Waals surface area (Å²) < 4.78 is 2.23. The average Bonchev–Trinajstić information content (AvgIpc) is 2.69. The predicted octanol–water partition coefficient (Wildman–Crippen LogP) is 2.72. The van der Waals surface area contributed by atoms with Crippen LogP contribution in [-0.2, 0) is 12.0 Å². The Kier molecular flexibility index (Phi) is 3.36. The monoisotopic (exact) mass is 263 g/mol. The van der Waals surface area contributed by atoms with E-state index in [1.54, 1.807) is 4.57 Å². The van der Waals surface area contributed by atoms with E-state index in [1.165, 1.54) is 5.56 Å². The summed E-state index contributed by atoms with van der Waals surface area (Å²) >= 11 is 5.16. The van der Waals surface area contributed by atoms with Crippen LogP contribution in [0.1, 0.15) is 32.2 Å². The number of aliphatic hydroxyl groups excluding tert-OH is 1. The summed E-state index contributed by atoms with van der Waals surface area (Å²) in [6.45, 7) is 6.37.